The molecule has 0 saturated heterocycles. The van der Waals surface area contributed by atoms with Gasteiger partial charge in [-0.25, -0.2) is 8.78 Å². The number of aromatic nitrogens is 1. The maximum absolute atomic E-state index is 13.4. The Balaban J connectivity index is 2.40. The number of nitrogens with zero attached hydrogens (tertiary/aromatic N) is 1. The monoisotopic (exact) mass is 255 g/mol. The van der Waals surface area contributed by atoms with E-state index in [1.165, 1.54) is 24.4 Å². The van der Waals surface area contributed by atoms with Crippen LogP contribution in [0.4, 0.5) is 8.78 Å². The third-order valence-corrected chi connectivity index (χ3v) is 2.65. The lowest BCUT2D eigenvalue weighted by atomic mass is 10.0. The summed E-state index contributed by atoms with van der Waals surface area (Å²) in [6.07, 6.45) is 1.17. The highest BCUT2D eigenvalue weighted by molar-refractivity contribution is 6.30. The minimum Gasteiger partial charge on any atom is -0.384 e. The topological polar surface area (TPSA) is 33.1 Å². The van der Waals surface area contributed by atoms with Crippen LogP contribution in [-0.4, -0.2) is 10.1 Å². The SMILES string of the molecule is OC(c1ccc(F)c(Cl)c1)c1ccncc1F. The van der Waals surface area contributed by atoms with Crippen LogP contribution in [-0.2, 0) is 0 Å². The van der Waals surface area contributed by atoms with E-state index in [1.54, 1.807) is 0 Å². The molecule has 1 aromatic carbocycles. The summed E-state index contributed by atoms with van der Waals surface area (Å²) in [5.41, 5.74) is 0.393. The Morgan fingerprint density at radius 3 is 2.59 bits per heavy atom. The molecule has 2 nitrogen and oxygen atoms in total. The van der Waals surface area contributed by atoms with Crippen LogP contribution >= 0.6 is 11.6 Å². The van der Waals surface area contributed by atoms with Crippen LogP contribution in [0, 0.1) is 11.6 Å². The summed E-state index contributed by atoms with van der Waals surface area (Å²) >= 11 is 5.59. The highest BCUT2D eigenvalue weighted by Gasteiger charge is 2.15. The molecule has 0 aliphatic rings. The second kappa shape index (κ2) is 4.77. The molecule has 5 heteroatoms. The maximum atomic E-state index is 13.4. The zero-order valence-electron chi connectivity index (χ0n) is 8.57. The van der Waals surface area contributed by atoms with E-state index in [1.807, 2.05) is 0 Å². The number of hydrogen-bond acceptors (Lipinski definition) is 2. The van der Waals surface area contributed by atoms with Crippen molar-refractivity contribution < 1.29 is 13.9 Å². The normalized spacial score (nSPS) is 12.5. The molecule has 1 N–H and O–H groups in total. The van der Waals surface area contributed by atoms with E-state index in [4.69, 9.17) is 11.6 Å². The lowest BCUT2D eigenvalue weighted by molar-refractivity contribution is 0.214. The van der Waals surface area contributed by atoms with Crippen molar-refractivity contribution in [3.63, 3.8) is 0 Å². The predicted molar refractivity (Wildman–Crippen MR) is 59.7 cm³/mol. The molecular weight excluding hydrogens is 248 g/mol. The van der Waals surface area contributed by atoms with Crippen molar-refractivity contribution in [1.29, 1.82) is 0 Å². The largest absolute Gasteiger partial charge is 0.384 e. The van der Waals surface area contributed by atoms with Gasteiger partial charge in [0, 0.05) is 11.8 Å². The second-order valence-electron chi connectivity index (χ2n) is 3.47. The van der Waals surface area contributed by atoms with Crippen molar-refractivity contribution in [3.8, 4) is 0 Å². The summed E-state index contributed by atoms with van der Waals surface area (Å²) in [5, 5.41) is 9.82. The van der Waals surface area contributed by atoms with Gasteiger partial charge >= 0.3 is 0 Å². The molecule has 17 heavy (non-hydrogen) atoms. The molecule has 0 radical (unpaired) electrons. The standard InChI is InChI=1S/C12H8ClF2NO/c13-9-5-7(1-2-10(9)14)12(17)8-3-4-16-6-11(8)15/h1-6,12,17H. The number of hydrogen-bond donors (Lipinski definition) is 1. The Labute approximate surface area is 102 Å². The van der Waals surface area contributed by atoms with Crippen LogP contribution in [0.25, 0.3) is 0 Å². The summed E-state index contributed by atoms with van der Waals surface area (Å²) in [5.74, 6) is -1.21. The zero-order valence-corrected chi connectivity index (χ0v) is 9.33. The molecule has 0 saturated carbocycles. The molecule has 0 aliphatic heterocycles. The highest BCUT2D eigenvalue weighted by atomic mass is 35.5. The molecule has 1 aromatic heterocycles. The van der Waals surface area contributed by atoms with E-state index >= 15 is 0 Å². The van der Waals surface area contributed by atoms with Gasteiger partial charge in [0.25, 0.3) is 0 Å². The Morgan fingerprint density at radius 1 is 1.18 bits per heavy atom. The third-order valence-electron chi connectivity index (χ3n) is 2.36. The van der Waals surface area contributed by atoms with Gasteiger partial charge in [-0.15, -0.1) is 0 Å². The first-order valence-corrected chi connectivity index (χ1v) is 5.20. The number of aliphatic hydroxyl groups is 1. The molecule has 0 bridgehead atoms. The highest BCUT2D eigenvalue weighted by Crippen LogP contribution is 2.26. The molecular formula is C12H8ClF2NO. The van der Waals surface area contributed by atoms with Crippen molar-refractivity contribution >= 4 is 11.6 Å². The zero-order chi connectivity index (χ0) is 12.4. The minimum absolute atomic E-state index is 0.0719. The number of rotatable bonds is 2. The second-order valence-corrected chi connectivity index (χ2v) is 3.88. The number of aliphatic hydroxyl groups excluding tert-OH is 1. The first kappa shape index (κ1) is 12.0. The predicted octanol–water partition coefficient (Wildman–Crippen LogP) is 3.09. The van der Waals surface area contributed by atoms with Gasteiger partial charge in [-0.2, -0.15) is 0 Å². The van der Waals surface area contributed by atoms with E-state index in [0.29, 0.717) is 5.56 Å². The van der Waals surface area contributed by atoms with Gasteiger partial charge in [0.2, 0.25) is 0 Å². The summed E-state index contributed by atoms with van der Waals surface area (Å²) in [7, 11) is 0. The fourth-order valence-electron chi connectivity index (χ4n) is 1.47. The Hall–Kier alpha value is -1.52. The van der Waals surface area contributed by atoms with Crippen molar-refractivity contribution in [2.45, 2.75) is 6.10 Å². The van der Waals surface area contributed by atoms with E-state index < -0.39 is 17.7 Å². The van der Waals surface area contributed by atoms with Gasteiger partial charge < -0.3 is 5.11 Å². The average Bonchev–Trinajstić information content (AvgIpc) is 2.32. The van der Waals surface area contributed by atoms with Crippen LogP contribution in [0.1, 0.15) is 17.2 Å². The van der Waals surface area contributed by atoms with Gasteiger partial charge in [0.1, 0.15) is 17.7 Å². The van der Waals surface area contributed by atoms with Gasteiger partial charge in [0.05, 0.1) is 11.2 Å². The van der Waals surface area contributed by atoms with Crippen LogP contribution in [0.15, 0.2) is 36.7 Å². The molecule has 0 spiro atoms. The minimum atomic E-state index is -1.20. The molecule has 1 unspecified atom stereocenters. The fraction of sp³-hybridized carbons (Fsp3) is 0.0833. The first-order chi connectivity index (χ1) is 8.09. The molecule has 0 fully saturated rings. The molecule has 0 aliphatic carbocycles. The van der Waals surface area contributed by atoms with Gasteiger partial charge in [0.15, 0.2) is 0 Å². The molecule has 1 atom stereocenters. The number of halogens is 3. The van der Waals surface area contributed by atoms with E-state index in [2.05, 4.69) is 4.98 Å². The van der Waals surface area contributed by atoms with Crippen LogP contribution in [0.3, 0.4) is 0 Å². The van der Waals surface area contributed by atoms with E-state index in [-0.39, 0.29) is 10.6 Å². The van der Waals surface area contributed by atoms with Crippen molar-refractivity contribution in [1.82, 2.24) is 4.98 Å². The summed E-state index contributed by atoms with van der Waals surface area (Å²) in [6, 6.07) is 5.10. The van der Waals surface area contributed by atoms with Crippen molar-refractivity contribution in [2.24, 2.45) is 0 Å². The van der Waals surface area contributed by atoms with Crippen LogP contribution in [0.5, 0.6) is 0 Å². The molecule has 1 heterocycles. The summed E-state index contributed by atoms with van der Waals surface area (Å²) in [4.78, 5) is 3.58. The average molecular weight is 256 g/mol. The Kier molecular flexibility index (Phi) is 3.36. The third kappa shape index (κ3) is 2.43. The summed E-state index contributed by atoms with van der Waals surface area (Å²) in [6.45, 7) is 0. The van der Waals surface area contributed by atoms with Gasteiger partial charge in [-0.3, -0.25) is 4.98 Å². The Bertz CT molecular complexity index is 548. The van der Waals surface area contributed by atoms with Crippen molar-refractivity contribution in [3.05, 3.63) is 64.4 Å². The van der Waals surface area contributed by atoms with Crippen LogP contribution < -0.4 is 0 Å². The first-order valence-electron chi connectivity index (χ1n) is 4.82. The molecule has 2 aromatic rings. The lowest BCUT2D eigenvalue weighted by Crippen LogP contribution is -2.03. The van der Waals surface area contributed by atoms with Crippen molar-refractivity contribution in [2.75, 3.05) is 0 Å². The molecule has 2 rings (SSSR count). The Morgan fingerprint density at radius 2 is 1.94 bits per heavy atom. The molecule has 0 amide bonds. The van der Waals surface area contributed by atoms with Gasteiger partial charge in [-0.1, -0.05) is 17.7 Å². The fourth-order valence-corrected chi connectivity index (χ4v) is 1.66. The van der Waals surface area contributed by atoms with E-state index in [0.717, 1.165) is 12.3 Å². The van der Waals surface area contributed by atoms with Crippen LogP contribution in [0.2, 0.25) is 5.02 Å². The maximum Gasteiger partial charge on any atom is 0.147 e. The number of pyridine rings is 1. The summed E-state index contributed by atoms with van der Waals surface area (Å²) < 4.78 is 26.3. The van der Waals surface area contributed by atoms with Gasteiger partial charge in [-0.05, 0) is 23.8 Å². The molecule has 88 valence electrons. The lowest BCUT2D eigenvalue weighted by Gasteiger charge is -2.12. The van der Waals surface area contributed by atoms with E-state index in [9.17, 15) is 13.9 Å². The smallest absolute Gasteiger partial charge is 0.147 e. The number of benzene rings is 1. The quantitative estimate of drug-likeness (QED) is 0.895.